The Hall–Kier alpha value is -0.650. The van der Waals surface area contributed by atoms with Crippen molar-refractivity contribution < 1.29 is 14.3 Å². The van der Waals surface area contributed by atoms with Gasteiger partial charge in [0.1, 0.15) is 6.61 Å². The molecule has 2 saturated heterocycles. The Morgan fingerprint density at radius 1 is 1.17 bits per heavy atom. The van der Waals surface area contributed by atoms with Gasteiger partial charge in [-0.1, -0.05) is 12.8 Å². The first-order valence-electron chi connectivity index (χ1n) is 9.39. The molecule has 5 heteroatoms. The average molecular weight is 324 g/mol. The van der Waals surface area contributed by atoms with Crippen LogP contribution < -0.4 is 0 Å². The van der Waals surface area contributed by atoms with Gasteiger partial charge in [-0.2, -0.15) is 0 Å². The van der Waals surface area contributed by atoms with Crippen molar-refractivity contribution in [3.05, 3.63) is 0 Å². The fraction of sp³-hybridized carbons (Fsp3) is 0.944. The number of carbonyl (C=O) groups is 1. The van der Waals surface area contributed by atoms with Gasteiger partial charge in [-0.15, -0.1) is 0 Å². The highest BCUT2D eigenvalue weighted by molar-refractivity contribution is 5.77. The van der Waals surface area contributed by atoms with Crippen molar-refractivity contribution in [1.29, 1.82) is 0 Å². The summed E-state index contributed by atoms with van der Waals surface area (Å²) in [6.07, 6.45) is 8.44. The molecule has 23 heavy (non-hydrogen) atoms. The van der Waals surface area contributed by atoms with Crippen molar-refractivity contribution in [2.75, 3.05) is 46.5 Å². The van der Waals surface area contributed by atoms with Crippen LogP contribution in [0, 0.1) is 5.92 Å². The molecule has 3 aliphatic rings. The minimum absolute atomic E-state index is 0.152. The molecule has 0 aromatic rings. The van der Waals surface area contributed by atoms with Gasteiger partial charge < -0.3 is 19.3 Å². The lowest BCUT2D eigenvalue weighted by atomic mass is 10.0. The molecular formula is C18H32N2O3. The monoisotopic (exact) mass is 324 g/mol. The van der Waals surface area contributed by atoms with E-state index in [4.69, 9.17) is 9.47 Å². The normalized spacial score (nSPS) is 27.6. The van der Waals surface area contributed by atoms with Crippen LogP contribution >= 0.6 is 0 Å². The van der Waals surface area contributed by atoms with Crippen LogP contribution in [-0.4, -0.2) is 74.4 Å². The van der Waals surface area contributed by atoms with Crippen LogP contribution in [0.15, 0.2) is 0 Å². The standard InChI is InChI=1S/C18H32N2O3/c1-19(18(21)14-23-17-4-2-3-5-17)16-6-9-20(10-7-16)12-15-8-11-22-13-15/h15-17H,2-14H2,1H3. The molecule has 1 saturated carbocycles. The summed E-state index contributed by atoms with van der Waals surface area (Å²) >= 11 is 0. The SMILES string of the molecule is CN(C(=O)COC1CCCC1)C1CCN(CC2CCOC2)CC1. The van der Waals surface area contributed by atoms with E-state index in [2.05, 4.69) is 4.90 Å². The molecule has 1 aliphatic carbocycles. The number of likely N-dealkylation sites (tertiary alicyclic amines) is 1. The summed E-state index contributed by atoms with van der Waals surface area (Å²) in [7, 11) is 1.95. The van der Waals surface area contributed by atoms with Crippen LogP contribution in [0.1, 0.15) is 44.9 Å². The Morgan fingerprint density at radius 3 is 2.57 bits per heavy atom. The summed E-state index contributed by atoms with van der Waals surface area (Å²) in [6, 6.07) is 0.380. The zero-order valence-electron chi connectivity index (χ0n) is 14.5. The number of piperidine rings is 1. The van der Waals surface area contributed by atoms with Crippen LogP contribution in [0.25, 0.3) is 0 Å². The van der Waals surface area contributed by atoms with E-state index < -0.39 is 0 Å². The summed E-state index contributed by atoms with van der Waals surface area (Å²) in [5.41, 5.74) is 0. The largest absolute Gasteiger partial charge is 0.381 e. The lowest BCUT2D eigenvalue weighted by Gasteiger charge is -2.37. The number of hydrogen-bond donors (Lipinski definition) is 0. The first-order chi connectivity index (χ1) is 11.2. The molecule has 2 heterocycles. The maximum Gasteiger partial charge on any atom is 0.248 e. The third kappa shape index (κ3) is 4.91. The summed E-state index contributed by atoms with van der Waals surface area (Å²) < 4.78 is 11.2. The van der Waals surface area contributed by atoms with Gasteiger partial charge in [0.25, 0.3) is 0 Å². The van der Waals surface area contributed by atoms with Gasteiger partial charge in [0.15, 0.2) is 0 Å². The van der Waals surface area contributed by atoms with Crippen LogP contribution in [0.3, 0.4) is 0 Å². The molecule has 3 fully saturated rings. The number of nitrogens with zero attached hydrogens (tertiary/aromatic N) is 2. The van der Waals surface area contributed by atoms with Crippen LogP contribution in [0.5, 0.6) is 0 Å². The fourth-order valence-electron chi connectivity index (χ4n) is 4.13. The molecule has 0 spiro atoms. The van der Waals surface area contributed by atoms with Gasteiger partial charge in [-0.3, -0.25) is 4.79 Å². The van der Waals surface area contributed by atoms with E-state index in [0.717, 1.165) is 58.5 Å². The predicted octanol–water partition coefficient (Wildman–Crippen LogP) is 1.90. The zero-order chi connectivity index (χ0) is 16.1. The first-order valence-corrected chi connectivity index (χ1v) is 9.39. The van der Waals surface area contributed by atoms with Gasteiger partial charge in [0, 0.05) is 39.3 Å². The van der Waals surface area contributed by atoms with Crippen LogP contribution in [0.4, 0.5) is 0 Å². The summed E-state index contributed by atoms with van der Waals surface area (Å²) in [4.78, 5) is 16.8. The number of ether oxygens (including phenoxy) is 2. The van der Waals surface area contributed by atoms with Crippen molar-refractivity contribution in [2.45, 2.75) is 57.1 Å². The Kier molecular flexibility index (Phi) is 6.31. The lowest BCUT2D eigenvalue weighted by molar-refractivity contribution is -0.139. The van der Waals surface area contributed by atoms with Gasteiger partial charge >= 0.3 is 0 Å². The molecule has 0 aromatic heterocycles. The third-order valence-corrected chi connectivity index (χ3v) is 5.78. The number of likely N-dealkylation sites (N-methyl/N-ethyl adjacent to an activating group) is 1. The number of carbonyl (C=O) groups excluding carboxylic acids is 1. The van der Waals surface area contributed by atoms with E-state index in [0.29, 0.717) is 18.1 Å². The molecule has 5 nitrogen and oxygen atoms in total. The molecular weight excluding hydrogens is 292 g/mol. The predicted molar refractivity (Wildman–Crippen MR) is 89.4 cm³/mol. The maximum atomic E-state index is 12.3. The van der Waals surface area contributed by atoms with Crippen molar-refractivity contribution in [3.8, 4) is 0 Å². The smallest absolute Gasteiger partial charge is 0.248 e. The second kappa shape index (κ2) is 8.45. The first kappa shape index (κ1) is 17.2. The van der Waals surface area contributed by atoms with Gasteiger partial charge in [-0.05, 0) is 38.0 Å². The van der Waals surface area contributed by atoms with Gasteiger partial charge in [0.2, 0.25) is 5.91 Å². The highest BCUT2D eigenvalue weighted by Gasteiger charge is 2.28. The molecule has 0 aromatic carbocycles. The number of rotatable bonds is 6. The number of hydrogen-bond acceptors (Lipinski definition) is 4. The Balaban J connectivity index is 1.35. The van der Waals surface area contributed by atoms with E-state index >= 15 is 0 Å². The third-order valence-electron chi connectivity index (χ3n) is 5.78. The van der Waals surface area contributed by atoms with Crippen LogP contribution in [-0.2, 0) is 14.3 Å². The quantitative estimate of drug-likeness (QED) is 0.748. The maximum absolute atomic E-state index is 12.3. The summed E-state index contributed by atoms with van der Waals surface area (Å²) in [5.74, 6) is 0.866. The number of amides is 1. The van der Waals surface area contributed by atoms with E-state index in [-0.39, 0.29) is 12.5 Å². The second-order valence-corrected chi connectivity index (χ2v) is 7.48. The Labute approximate surface area is 140 Å². The average Bonchev–Trinajstić information content (AvgIpc) is 3.26. The van der Waals surface area contributed by atoms with E-state index in [9.17, 15) is 4.79 Å². The van der Waals surface area contributed by atoms with E-state index in [1.165, 1.54) is 19.3 Å². The summed E-state index contributed by atoms with van der Waals surface area (Å²) in [5, 5.41) is 0. The molecule has 0 bridgehead atoms. The molecule has 0 N–H and O–H groups in total. The van der Waals surface area contributed by atoms with Gasteiger partial charge in [0.05, 0.1) is 12.7 Å². The summed E-state index contributed by atoms with van der Waals surface area (Å²) in [6.45, 7) is 5.48. The molecule has 2 aliphatic heterocycles. The van der Waals surface area contributed by atoms with E-state index in [1.54, 1.807) is 0 Å². The Morgan fingerprint density at radius 2 is 1.91 bits per heavy atom. The lowest BCUT2D eigenvalue weighted by Crippen LogP contribution is -2.47. The fourth-order valence-corrected chi connectivity index (χ4v) is 4.13. The topological polar surface area (TPSA) is 42.0 Å². The van der Waals surface area contributed by atoms with Crippen molar-refractivity contribution in [3.63, 3.8) is 0 Å². The van der Waals surface area contributed by atoms with Crippen molar-refractivity contribution in [2.24, 2.45) is 5.92 Å². The van der Waals surface area contributed by atoms with Crippen molar-refractivity contribution in [1.82, 2.24) is 9.80 Å². The molecule has 1 atom stereocenters. The molecule has 0 radical (unpaired) electrons. The van der Waals surface area contributed by atoms with Gasteiger partial charge in [-0.25, -0.2) is 0 Å². The minimum Gasteiger partial charge on any atom is -0.381 e. The molecule has 1 amide bonds. The zero-order valence-corrected chi connectivity index (χ0v) is 14.5. The van der Waals surface area contributed by atoms with Crippen LogP contribution in [0.2, 0.25) is 0 Å². The second-order valence-electron chi connectivity index (χ2n) is 7.48. The highest BCUT2D eigenvalue weighted by atomic mass is 16.5. The molecule has 1 unspecified atom stereocenters. The highest BCUT2D eigenvalue weighted by Crippen LogP contribution is 2.22. The minimum atomic E-state index is 0.152. The Bertz CT molecular complexity index is 370. The molecule has 132 valence electrons. The van der Waals surface area contributed by atoms with Crippen molar-refractivity contribution >= 4 is 5.91 Å². The van der Waals surface area contributed by atoms with E-state index in [1.807, 2.05) is 11.9 Å². The molecule has 3 rings (SSSR count).